The van der Waals surface area contributed by atoms with Gasteiger partial charge in [-0.2, -0.15) is 15.0 Å². The van der Waals surface area contributed by atoms with Crippen molar-refractivity contribution < 1.29 is 9.53 Å². The maximum absolute atomic E-state index is 11.7. The minimum absolute atomic E-state index is 0.0883. The number of hydrogen-bond acceptors (Lipinski definition) is 7. The van der Waals surface area contributed by atoms with Crippen molar-refractivity contribution >= 4 is 29.4 Å². The molecule has 1 aromatic rings. The molecule has 1 rings (SSSR count). The van der Waals surface area contributed by atoms with Crippen LogP contribution in [0.1, 0.15) is 0 Å². The monoisotopic (exact) mass is 302 g/mol. The van der Waals surface area contributed by atoms with Crippen LogP contribution in [-0.2, 0) is 9.53 Å². The molecule has 9 heteroatoms. The molecule has 112 valence electrons. The first-order valence-electron chi connectivity index (χ1n) is 5.99. The van der Waals surface area contributed by atoms with Crippen molar-refractivity contribution in [1.82, 2.24) is 20.3 Å². The molecule has 0 aromatic carbocycles. The number of ether oxygens (including phenoxy) is 1. The third-order valence-corrected chi connectivity index (χ3v) is 2.50. The van der Waals surface area contributed by atoms with Crippen molar-refractivity contribution in [2.75, 3.05) is 57.7 Å². The third-order valence-electron chi connectivity index (χ3n) is 2.34. The SMILES string of the molecule is COCCNC(=O)CN(C)c1nc(Cl)nc(N(C)C)n1. The van der Waals surface area contributed by atoms with Crippen molar-refractivity contribution in [3.05, 3.63) is 5.28 Å². The van der Waals surface area contributed by atoms with Gasteiger partial charge < -0.3 is 19.9 Å². The second kappa shape index (κ2) is 7.81. The van der Waals surface area contributed by atoms with Crippen LogP contribution >= 0.6 is 11.6 Å². The molecule has 0 saturated heterocycles. The van der Waals surface area contributed by atoms with Gasteiger partial charge in [0.2, 0.25) is 23.1 Å². The number of carbonyl (C=O) groups is 1. The highest BCUT2D eigenvalue weighted by Gasteiger charge is 2.13. The van der Waals surface area contributed by atoms with E-state index < -0.39 is 0 Å². The highest BCUT2D eigenvalue weighted by molar-refractivity contribution is 6.28. The maximum Gasteiger partial charge on any atom is 0.239 e. The first kappa shape index (κ1) is 16.4. The van der Waals surface area contributed by atoms with Gasteiger partial charge in [0.05, 0.1) is 13.2 Å². The van der Waals surface area contributed by atoms with E-state index >= 15 is 0 Å². The molecule has 0 spiro atoms. The lowest BCUT2D eigenvalue weighted by molar-refractivity contribution is -0.119. The number of nitrogens with zero attached hydrogens (tertiary/aromatic N) is 5. The van der Waals surface area contributed by atoms with Crippen LogP contribution in [0.5, 0.6) is 0 Å². The van der Waals surface area contributed by atoms with E-state index in [1.165, 1.54) is 0 Å². The van der Waals surface area contributed by atoms with Gasteiger partial charge in [-0.25, -0.2) is 0 Å². The second-order valence-corrected chi connectivity index (χ2v) is 4.64. The van der Waals surface area contributed by atoms with Crippen LogP contribution in [0.4, 0.5) is 11.9 Å². The van der Waals surface area contributed by atoms with Crippen LogP contribution in [-0.4, -0.2) is 68.8 Å². The zero-order chi connectivity index (χ0) is 15.1. The first-order valence-corrected chi connectivity index (χ1v) is 6.37. The Kier molecular flexibility index (Phi) is 6.40. The highest BCUT2D eigenvalue weighted by atomic mass is 35.5. The van der Waals surface area contributed by atoms with E-state index in [1.54, 1.807) is 38.1 Å². The van der Waals surface area contributed by atoms with Crippen LogP contribution in [0.3, 0.4) is 0 Å². The van der Waals surface area contributed by atoms with Gasteiger partial charge in [-0.05, 0) is 11.6 Å². The summed E-state index contributed by atoms with van der Waals surface area (Å²) in [5, 5.41) is 2.80. The molecule has 1 N–H and O–H groups in total. The van der Waals surface area contributed by atoms with Crippen LogP contribution in [0, 0.1) is 0 Å². The zero-order valence-corrected chi connectivity index (χ0v) is 12.8. The van der Waals surface area contributed by atoms with E-state index in [-0.39, 0.29) is 17.7 Å². The number of nitrogens with one attached hydrogen (secondary N) is 1. The zero-order valence-electron chi connectivity index (χ0n) is 12.1. The highest BCUT2D eigenvalue weighted by Crippen LogP contribution is 2.13. The Morgan fingerprint density at radius 2 is 1.90 bits per heavy atom. The Morgan fingerprint density at radius 1 is 1.25 bits per heavy atom. The summed E-state index contributed by atoms with van der Waals surface area (Å²) >= 11 is 5.84. The lowest BCUT2D eigenvalue weighted by Gasteiger charge is -2.18. The molecule has 1 heterocycles. The van der Waals surface area contributed by atoms with Gasteiger partial charge in [-0.3, -0.25) is 4.79 Å². The number of halogens is 1. The molecule has 1 amide bonds. The normalized spacial score (nSPS) is 10.2. The number of carbonyl (C=O) groups excluding carboxylic acids is 1. The van der Waals surface area contributed by atoms with E-state index in [4.69, 9.17) is 16.3 Å². The summed E-state index contributed by atoms with van der Waals surface area (Å²) in [6.07, 6.45) is 0. The number of aromatic nitrogens is 3. The minimum Gasteiger partial charge on any atom is -0.383 e. The van der Waals surface area contributed by atoms with Crippen molar-refractivity contribution in [2.45, 2.75) is 0 Å². The molecule has 0 aliphatic rings. The van der Waals surface area contributed by atoms with Gasteiger partial charge in [0, 0.05) is 34.8 Å². The molecule has 20 heavy (non-hydrogen) atoms. The Balaban J connectivity index is 2.67. The van der Waals surface area contributed by atoms with Crippen LogP contribution in [0.15, 0.2) is 0 Å². The predicted molar refractivity (Wildman–Crippen MR) is 77.3 cm³/mol. The predicted octanol–water partition coefficient (Wildman–Crippen LogP) is -0.210. The summed E-state index contributed by atoms with van der Waals surface area (Å²) in [4.78, 5) is 27.2. The molecule has 0 aliphatic carbocycles. The topological polar surface area (TPSA) is 83.5 Å². The first-order chi connectivity index (χ1) is 9.43. The number of amides is 1. The third kappa shape index (κ3) is 5.14. The van der Waals surface area contributed by atoms with Gasteiger partial charge >= 0.3 is 0 Å². The Labute approximate surface area is 123 Å². The fourth-order valence-corrected chi connectivity index (χ4v) is 1.49. The van der Waals surface area contributed by atoms with Gasteiger partial charge in [0.15, 0.2) is 0 Å². The average molecular weight is 303 g/mol. The van der Waals surface area contributed by atoms with Crippen LogP contribution < -0.4 is 15.1 Å². The summed E-state index contributed by atoms with van der Waals surface area (Å²) in [6, 6.07) is 0. The number of hydrogen-bond donors (Lipinski definition) is 1. The van der Waals surface area contributed by atoms with E-state index in [2.05, 4.69) is 20.3 Å². The number of anilines is 2. The van der Waals surface area contributed by atoms with Gasteiger partial charge in [-0.15, -0.1) is 0 Å². The maximum atomic E-state index is 11.7. The molecule has 0 fully saturated rings. The van der Waals surface area contributed by atoms with E-state index in [0.29, 0.717) is 25.0 Å². The summed E-state index contributed by atoms with van der Waals surface area (Å²) in [7, 11) is 6.88. The van der Waals surface area contributed by atoms with Crippen LogP contribution in [0.2, 0.25) is 5.28 Å². The fraction of sp³-hybridized carbons (Fsp3) is 0.636. The molecule has 0 unspecified atom stereocenters. The molecule has 0 saturated carbocycles. The van der Waals surface area contributed by atoms with Crippen molar-refractivity contribution in [1.29, 1.82) is 0 Å². The molecule has 8 nitrogen and oxygen atoms in total. The largest absolute Gasteiger partial charge is 0.383 e. The van der Waals surface area contributed by atoms with Crippen molar-refractivity contribution in [2.24, 2.45) is 0 Å². The molecule has 0 aliphatic heterocycles. The van der Waals surface area contributed by atoms with E-state index in [9.17, 15) is 4.79 Å². The van der Waals surface area contributed by atoms with Crippen molar-refractivity contribution in [3.8, 4) is 0 Å². The number of methoxy groups -OCH3 is 1. The molecular formula is C11H19ClN6O2. The van der Waals surface area contributed by atoms with Gasteiger partial charge in [0.25, 0.3) is 0 Å². The molecular weight excluding hydrogens is 284 g/mol. The summed E-state index contributed by atoms with van der Waals surface area (Å²) in [5.41, 5.74) is 0. The Bertz CT molecular complexity index is 457. The van der Waals surface area contributed by atoms with Gasteiger partial charge in [-0.1, -0.05) is 0 Å². The average Bonchev–Trinajstić information content (AvgIpc) is 2.38. The molecule has 0 bridgehead atoms. The molecule has 1 aromatic heterocycles. The van der Waals surface area contributed by atoms with Crippen molar-refractivity contribution in [3.63, 3.8) is 0 Å². The molecule has 0 atom stereocenters. The second-order valence-electron chi connectivity index (χ2n) is 4.30. The Morgan fingerprint density at radius 3 is 2.50 bits per heavy atom. The standard InChI is InChI=1S/C11H19ClN6O2/c1-17(2)10-14-9(12)15-11(16-10)18(3)7-8(19)13-5-6-20-4/h5-7H2,1-4H3,(H,13,19). The van der Waals surface area contributed by atoms with E-state index in [0.717, 1.165) is 0 Å². The quantitative estimate of drug-likeness (QED) is 0.698. The smallest absolute Gasteiger partial charge is 0.239 e. The molecule has 0 radical (unpaired) electrons. The van der Waals surface area contributed by atoms with E-state index in [1.807, 2.05) is 0 Å². The van der Waals surface area contributed by atoms with Gasteiger partial charge in [0.1, 0.15) is 0 Å². The minimum atomic E-state index is -0.146. The fourth-order valence-electron chi connectivity index (χ4n) is 1.33. The number of likely N-dealkylation sites (N-methyl/N-ethyl adjacent to an activating group) is 1. The lowest BCUT2D eigenvalue weighted by Crippen LogP contribution is -2.37. The summed E-state index contributed by atoms with van der Waals surface area (Å²) in [6.45, 7) is 1.05. The lowest BCUT2D eigenvalue weighted by atomic mass is 10.5. The number of rotatable bonds is 7. The summed E-state index contributed by atoms with van der Waals surface area (Å²) in [5.74, 6) is 0.634. The van der Waals surface area contributed by atoms with Crippen LogP contribution in [0.25, 0.3) is 0 Å². The Hall–Kier alpha value is -1.67. The summed E-state index contributed by atoms with van der Waals surface area (Å²) < 4.78 is 4.86.